The molecule has 104 valence electrons. The highest BCUT2D eigenvalue weighted by Crippen LogP contribution is 2.00. The van der Waals surface area contributed by atoms with Gasteiger partial charge in [-0.3, -0.25) is 9.59 Å². The summed E-state index contributed by atoms with van der Waals surface area (Å²) in [5.74, 6) is -1.17. The highest BCUT2D eigenvalue weighted by Gasteiger charge is 2.24. The maximum atomic E-state index is 12.0. The summed E-state index contributed by atoms with van der Waals surface area (Å²) in [6.45, 7) is 4.07. The number of esters is 2. The van der Waals surface area contributed by atoms with Gasteiger partial charge in [0.2, 0.25) is 0 Å². The minimum absolute atomic E-state index is 0.277. The van der Waals surface area contributed by atoms with Crippen LogP contribution in [0.4, 0.5) is 4.79 Å². The van der Waals surface area contributed by atoms with E-state index < -0.39 is 18.0 Å². The Balaban J connectivity index is 4.78. The summed E-state index contributed by atoms with van der Waals surface area (Å²) in [5, 5.41) is 0. The van der Waals surface area contributed by atoms with Crippen LogP contribution in [0.3, 0.4) is 0 Å². The van der Waals surface area contributed by atoms with Crippen molar-refractivity contribution in [2.24, 2.45) is 0 Å². The van der Waals surface area contributed by atoms with Gasteiger partial charge < -0.3 is 19.3 Å². The van der Waals surface area contributed by atoms with E-state index in [2.05, 4.69) is 9.47 Å². The molecule has 7 nitrogen and oxygen atoms in total. The van der Waals surface area contributed by atoms with Gasteiger partial charge in [0, 0.05) is 13.1 Å². The molecule has 0 saturated carbocycles. The van der Waals surface area contributed by atoms with Crippen molar-refractivity contribution >= 4 is 18.0 Å². The van der Waals surface area contributed by atoms with E-state index in [1.165, 1.54) is 19.1 Å². The Morgan fingerprint density at radius 3 is 1.50 bits per heavy atom. The third-order valence-electron chi connectivity index (χ3n) is 2.40. The molecule has 0 radical (unpaired) electrons. The van der Waals surface area contributed by atoms with Crippen molar-refractivity contribution in [2.45, 2.75) is 13.8 Å². The molecule has 0 N–H and O–H groups in total. The third-order valence-corrected chi connectivity index (χ3v) is 2.40. The molecule has 0 unspecified atom stereocenters. The predicted octanol–water partition coefficient (Wildman–Crippen LogP) is 0.0962. The van der Waals surface area contributed by atoms with Gasteiger partial charge >= 0.3 is 18.0 Å². The molecular weight excluding hydrogens is 240 g/mol. The molecular formula is C11H20N2O5. The Kier molecular flexibility index (Phi) is 7.50. The zero-order valence-electron chi connectivity index (χ0n) is 11.3. The average Bonchev–Trinajstić information content (AvgIpc) is 2.38. The molecule has 0 aromatic rings. The number of rotatable bonds is 6. The number of ether oxygens (including phenoxy) is 2. The van der Waals surface area contributed by atoms with E-state index in [1.54, 1.807) is 0 Å². The summed E-state index contributed by atoms with van der Waals surface area (Å²) < 4.78 is 8.98. The molecule has 0 heterocycles. The lowest BCUT2D eigenvalue weighted by molar-refractivity contribution is -0.144. The second-order valence-electron chi connectivity index (χ2n) is 3.46. The van der Waals surface area contributed by atoms with Gasteiger partial charge in [0.1, 0.15) is 13.1 Å². The molecule has 0 fully saturated rings. The van der Waals surface area contributed by atoms with Gasteiger partial charge in [-0.05, 0) is 13.8 Å². The summed E-state index contributed by atoms with van der Waals surface area (Å²) in [7, 11) is 2.45. The standard InChI is InChI=1S/C11H20N2O5/c1-5-12(6-2)11(16)13(7-9(14)17-3)8-10(15)18-4/h5-8H2,1-4H3. The third kappa shape index (κ3) is 5.03. The van der Waals surface area contributed by atoms with Gasteiger partial charge in [0.05, 0.1) is 14.2 Å². The van der Waals surface area contributed by atoms with E-state index in [0.717, 1.165) is 4.90 Å². The van der Waals surface area contributed by atoms with E-state index in [4.69, 9.17) is 0 Å². The predicted molar refractivity (Wildman–Crippen MR) is 63.9 cm³/mol. The molecule has 18 heavy (non-hydrogen) atoms. The van der Waals surface area contributed by atoms with E-state index in [-0.39, 0.29) is 13.1 Å². The lowest BCUT2D eigenvalue weighted by Crippen LogP contribution is -2.47. The monoisotopic (exact) mass is 260 g/mol. The SMILES string of the molecule is CCN(CC)C(=O)N(CC(=O)OC)CC(=O)OC. The molecule has 0 saturated heterocycles. The van der Waals surface area contributed by atoms with Gasteiger partial charge in [-0.25, -0.2) is 4.79 Å². The fourth-order valence-corrected chi connectivity index (χ4v) is 1.33. The van der Waals surface area contributed by atoms with Crippen LogP contribution in [0.15, 0.2) is 0 Å². The van der Waals surface area contributed by atoms with Gasteiger partial charge in [0.25, 0.3) is 0 Å². The summed E-state index contributed by atoms with van der Waals surface area (Å²) in [4.78, 5) is 37.1. The largest absolute Gasteiger partial charge is 0.468 e. The fourth-order valence-electron chi connectivity index (χ4n) is 1.33. The Labute approximate surface area is 107 Å². The van der Waals surface area contributed by atoms with Crippen LogP contribution in [0, 0.1) is 0 Å². The molecule has 0 rings (SSSR count). The molecule has 2 amide bonds. The number of methoxy groups -OCH3 is 2. The van der Waals surface area contributed by atoms with Crippen LogP contribution in [0.2, 0.25) is 0 Å². The van der Waals surface area contributed by atoms with Crippen LogP contribution in [-0.2, 0) is 19.1 Å². The molecule has 0 aliphatic carbocycles. The fraction of sp³-hybridized carbons (Fsp3) is 0.727. The molecule has 0 aromatic carbocycles. The number of nitrogens with zero attached hydrogens (tertiary/aromatic N) is 2. The van der Waals surface area contributed by atoms with E-state index in [9.17, 15) is 14.4 Å². The first-order valence-corrected chi connectivity index (χ1v) is 5.67. The topological polar surface area (TPSA) is 76.2 Å². The van der Waals surface area contributed by atoms with Gasteiger partial charge in [0.15, 0.2) is 0 Å². The van der Waals surface area contributed by atoms with Crippen molar-refractivity contribution in [3.05, 3.63) is 0 Å². The molecule has 0 aliphatic heterocycles. The number of carbonyl (C=O) groups excluding carboxylic acids is 3. The minimum Gasteiger partial charge on any atom is -0.468 e. The summed E-state index contributed by atoms with van der Waals surface area (Å²) >= 11 is 0. The number of hydrogen-bond donors (Lipinski definition) is 0. The van der Waals surface area contributed by atoms with Gasteiger partial charge in [-0.2, -0.15) is 0 Å². The maximum Gasteiger partial charge on any atom is 0.325 e. The molecule has 0 spiro atoms. The highest BCUT2D eigenvalue weighted by atomic mass is 16.5. The number of hydrogen-bond acceptors (Lipinski definition) is 5. The van der Waals surface area contributed by atoms with Crippen LogP contribution in [0.5, 0.6) is 0 Å². The van der Waals surface area contributed by atoms with Crippen LogP contribution in [0.1, 0.15) is 13.8 Å². The molecule has 0 bridgehead atoms. The molecule has 7 heteroatoms. The van der Waals surface area contributed by atoms with Crippen molar-refractivity contribution in [1.29, 1.82) is 0 Å². The van der Waals surface area contributed by atoms with E-state index in [0.29, 0.717) is 13.1 Å². The van der Waals surface area contributed by atoms with Crippen LogP contribution in [-0.4, -0.2) is 68.2 Å². The van der Waals surface area contributed by atoms with Gasteiger partial charge in [-0.1, -0.05) is 0 Å². The summed E-state index contributed by atoms with van der Waals surface area (Å²) in [5.41, 5.74) is 0. The molecule has 0 aromatic heterocycles. The minimum atomic E-state index is -0.584. The van der Waals surface area contributed by atoms with E-state index >= 15 is 0 Å². The second kappa shape index (κ2) is 8.32. The smallest absolute Gasteiger partial charge is 0.325 e. The Bertz CT molecular complexity index is 284. The number of amides is 2. The first kappa shape index (κ1) is 16.2. The Morgan fingerprint density at radius 1 is 0.833 bits per heavy atom. The van der Waals surface area contributed by atoms with Crippen molar-refractivity contribution in [3.63, 3.8) is 0 Å². The quantitative estimate of drug-likeness (QED) is 0.633. The second-order valence-corrected chi connectivity index (χ2v) is 3.46. The zero-order chi connectivity index (χ0) is 14.1. The first-order valence-electron chi connectivity index (χ1n) is 5.67. The zero-order valence-corrected chi connectivity index (χ0v) is 11.3. The van der Waals surface area contributed by atoms with Crippen molar-refractivity contribution in [1.82, 2.24) is 9.80 Å². The Hall–Kier alpha value is -1.79. The Morgan fingerprint density at radius 2 is 1.22 bits per heavy atom. The van der Waals surface area contributed by atoms with Crippen LogP contribution < -0.4 is 0 Å². The van der Waals surface area contributed by atoms with E-state index in [1.807, 2.05) is 13.8 Å². The lowest BCUT2D eigenvalue weighted by atomic mass is 10.4. The van der Waals surface area contributed by atoms with Crippen molar-refractivity contribution in [2.75, 3.05) is 40.4 Å². The lowest BCUT2D eigenvalue weighted by Gasteiger charge is -2.27. The highest BCUT2D eigenvalue weighted by molar-refractivity contribution is 5.85. The molecule has 0 atom stereocenters. The summed E-state index contributed by atoms with van der Waals surface area (Å²) in [6.07, 6.45) is 0. The van der Waals surface area contributed by atoms with Crippen LogP contribution in [0.25, 0.3) is 0 Å². The van der Waals surface area contributed by atoms with Crippen molar-refractivity contribution in [3.8, 4) is 0 Å². The van der Waals surface area contributed by atoms with Crippen molar-refractivity contribution < 1.29 is 23.9 Å². The first-order chi connectivity index (χ1) is 8.49. The number of carbonyl (C=O) groups is 3. The normalized spacial score (nSPS) is 9.56. The van der Waals surface area contributed by atoms with Gasteiger partial charge in [-0.15, -0.1) is 0 Å². The molecule has 0 aliphatic rings. The maximum absolute atomic E-state index is 12.0. The number of urea groups is 1. The van der Waals surface area contributed by atoms with Crippen LogP contribution >= 0.6 is 0 Å². The average molecular weight is 260 g/mol. The summed E-state index contributed by atoms with van der Waals surface area (Å²) in [6, 6.07) is -0.393.